The van der Waals surface area contributed by atoms with Crippen LogP contribution in [0.2, 0.25) is 0 Å². The van der Waals surface area contributed by atoms with Gasteiger partial charge >= 0.3 is 0 Å². The van der Waals surface area contributed by atoms with Crippen molar-refractivity contribution in [3.05, 3.63) is 95.1 Å². The molecule has 0 unspecified atom stereocenters. The maximum atomic E-state index is 13.7. The van der Waals surface area contributed by atoms with Crippen molar-refractivity contribution in [3.63, 3.8) is 0 Å². The van der Waals surface area contributed by atoms with Gasteiger partial charge in [-0.3, -0.25) is 19.4 Å². The molecule has 0 bridgehead atoms. The largest absolute Gasteiger partial charge is 0.484 e. The molecule has 2 amide bonds. The van der Waals surface area contributed by atoms with Crippen LogP contribution in [0.15, 0.2) is 72.8 Å². The number of hydrogen-bond donors (Lipinski definition) is 0. The van der Waals surface area contributed by atoms with Crippen LogP contribution in [-0.2, 0) is 13.2 Å². The van der Waals surface area contributed by atoms with Gasteiger partial charge in [0.25, 0.3) is 11.8 Å². The third-order valence-corrected chi connectivity index (χ3v) is 8.89. The predicted molar refractivity (Wildman–Crippen MR) is 160 cm³/mol. The average Bonchev–Trinajstić information content (AvgIpc) is 3.58. The Morgan fingerprint density at radius 1 is 0.658 bits per heavy atom. The molecule has 0 N–H and O–H groups in total. The summed E-state index contributed by atoms with van der Waals surface area (Å²) in [4.78, 5) is 30.5. The molecule has 6 nitrogen and oxygen atoms in total. The van der Waals surface area contributed by atoms with E-state index in [1.54, 1.807) is 21.9 Å². The highest BCUT2D eigenvalue weighted by Crippen LogP contribution is 2.39. The van der Waals surface area contributed by atoms with Crippen LogP contribution in [-0.4, -0.2) is 54.9 Å². The van der Waals surface area contributed by atoms with Gasteiger partial charge in [-0.05, 0) is 23.3 Å². The molecule has 2 saturated heterocycles. The maximum Gasteiger partial charge on any atom is 0.263 e. The fourth-order valence-electron chi connectivity index (χ4n) is 4.09. The highest BCUT2D eigenvalue weighted by molar-refractivity contribution is 8.23. The first-order valence-electron chi connectivity index (χ1n) is 12.0. The van der Waals surface area contributed by atoms with Gasteiger partial charge in [-0.2, -0.15) is 0 Å². The summed E-state index contributed by atoms with van der Waals surface area (Å²) in [6.45, 7) is 1.41. The lowest BCUT2D eigenvalue weighted by atomic mass is 10.1. The summed E-state index contributed by atoms with van der Waals surface area (Å²) in [7, 11) is 0. The average molecular weight is 581 g/mol. The number of benzene rings is 3. The fourth-order valence-corrected chi connectivity index (χ4v) is 6.50. The third kappa shape index (κ3) is 5.88. The topological polar surface area (TPSA) is 59.1 Å². The molecular formula is C28H24N2O4S4. The quantitative estimate of drug-likeness (QED) is 0.310. The van der Waals surface area contributed by atoms with Crippen molar-refractivity contribution < 1.29 is 19.1 Å². The molecular weight excluding hydrogens is 557 g/mol. The normalized spacial score (nSPS) is 15.2. The summed E-state index contributed by atoms with van der Waals surface area (Å²) in [5.41, 5.74) is 2.43. The zero-order chi connectivity index (χ0) is 26.5. The van der Waals surface area contributed by atoms with Crippen LogP contribution in [0.4, 0.5) is 0 Å². The molecule has 5 rings (SSSR count). The summed E-state index contributed by atoms with van der Waals surface area (Å²) in [5, 5.41) is 0. The molecule has 194 valence electrons. The van der Waals surface area contributed by atoms with Crippen LogP contribution in [0, 0.1) is 0 Å². The Bertz CT molecular complexity index is 1260. The molecule has 2 aliphatic rings. The van der Waals surface area contributed by atoms with Crippen molar-refractivity contribution in [2.45, 2.75) is 13.2 Å². The second-order valence-corrected chi connectivity index (χ2v) is 12.0. The Morgan fingerprint density at radius 3 is 1.39 bits per heavy atom. The van der Waals surface area contributed by atoms with E-state index in [0.29, 0.717) is 32.9 Å². The molecule has 0 saturated carbocycles. The van der Waals surface area contributed by atoms with E-state index in [-0.39, 0.29) is 36.5 Å². The van der Waals surface area contributed by atoms with Gasteiger partial charge in [-0.15, -0.1) is 0 Å². The highest BCUT2D eigenvalue weighted by atomic mass is 32.2. The molecule has 0 aliphatic carbocycles. The number of hydrogen-bond acceptors (Lipinski definition) is 8. The van der Waals surface area contributed by atoms with Gasteiger partial charge in [0.15, 0.2) is 11.5 Å². The van der Waals surface area contributed by atoms with Gasteiger partial charge in [-0.25, -0.2) is 0 Å². The monoisotopic (exact) mass is 580 g/mol. The SMILES string of the molecule is O=C(c1ccc(C(=O)N2CCSC2=S)c(OCc2ccccc2)c1OCc1ccccc1)N1CCSC1=S. The van der Waals surface area contributed by atoms with Crippen LogP contribution in [0.5, 0.6) is 11.5 Å². The Kier molecular flexibility index (Phi) is 8.63. The lowest BCUT2D eigenvalue weighted by Crippen LogP contribution is -2.32. The van der Waals surface area contributed by atoms with Crippen LogP contribution in [0.3, 0.4) is 0 Å². The number of ether oxygens (including phenoxy) is 2. The first kappa shape index (κ1) is 26.7. The fraction of sp³-hybridized carbons (Fsp3) is 0.214. The van der Waals surface area contributed by atoms with Gasteiger partial charge in [0, 0.05) is 24.6 Å². The summed E-state index contributed by atoms with van der Waals surface area (Å²) in [5.74, 6) is 1.36. The standard InChI is InChI=1S/C28H24N2O4S4/c31-25(29-13-15-37-27(29)35)21-11-12-22(26(32)30-14-16-38-28(30)36)24(34-18-20-9-5-2-6-10-20)23(21)33-17-19-7-3-1-4-8-19/h1-12H,13-18H2. The molecule has 0 spiro atoms. The predicted octanol–water partition coefficient (Wildman–Crippen LogP) is 5.79. The van der Waals surface area contributed by atoms with E-state index in [1.165, 1.54) is 23.5 Å². The van der Waals surface area contributed by atoms with Crippen molar-refractivity contribution in [2.75, 3.05) is 24.6 Å². The maximum absolute atomic E-state index is 13.7. The summed E-state index contributed by atoms with van der Waals surface area (Å²) in [6, 6.07) is 22.5. The first-order valence-corrected chi connectivity index (χ1v) is 14.8. The molecule has 2 aliphatic heterocycles. The molecule has 0 radical (unpaired) electrons. The minimum atomic E-state index is -0.279. The smallest absolute Gasteiger partial charge is 0.263 e. The van der Waals surface area contributed by atoms with E-state index in [9.17, 15) is 9.59 Å². The summed E-state index contributed by atoms with van der Waals surface area (Å²) >= 11 is 13.8. The Labute approximate surface area is 240 Å². The molecule has 0 aromatic heterocycles. The van der Waals surface area contributed by atoms with Gasteiger partial charge < -0.3 is 9.47 Å². The number of amides is 2. The number of nitrogens with zero attached hydrogens (tertiary/aromatic N) is 2. The molecule has 3 aromatic carbocycles. The number of carbonyl (C=O) groups is 2. The van der Waals surface area contributed by atoms with Crippen molar-refractivity contribution in [1.82, 2.24) is 9.80 Å². The van der Waals surface area contributed by atoms with Gasteiger partial charge in [0.2, 0.25) is 0 Å². The lowest BCUT2D eigenvalue weighted by Gasteiger charge is -2.23. The van der Waals surface area contributed by atoms with E-state index in [0.717, 1.165) is 22.6 Å². The van der Waals surface area contributed by atoms with Crippen LogP contribution in [0.25, 0.3) is 0 Å². The summed E-state index contributed by atoms with van der Waals surface area (Å²) in [6.07, 6.45) is 0. The van der Waals surface area contributed by atoms with E-state index >= 15 is 0 Å². The Hall–Kier alpha value is -2.92. The Morgan fingerprint density at radius 2 is 1.05 bits per heavy atom. The van der Waals surface area contributed by atoms with Crippen LogP contribution >= 0.6 is 48.0 Å². The minimum Gasteiger partial charge on any atom is -0.484 e. The van der Waals surface area contributed by atoms with Crippen molar-refractivity contribution in [2.24, 2.45) is 0 Å². The van der Waals surface area contributed by atoms with E-state index in [1.807, 2.05) is 60.7 Å². The molecule has 10 heteroatoms. The molecule has 2 fully saturated rings. The Balaban J connectivity index is 1.59. The molecule has 3 aromatic rings. The van der Waals surface area contributed by atoms with E-state index < -0.39 is 0 Å². The number of thioether (sulfide) groups is 2. The number of thiocarbonyl (C=S) groups is 2. The lowest BCUT2D eigenvalue weighted by molar-refractivity contribution is 0.0839. The molecule has 2 heterocycles. The third-order valence-electron chi connectivity index (χ3n) is 6.04. The van der Waals surface area contributed by atoms with Crippen molar-refractivity contribution >= 4 is 68.4 Å². The van der Waals surface area contributed by atoms with Gasteiger partial charge in [-0.1, -0.05) is 109 Å². The van der Waals surface area contributed by atoms with Crippen molar-refractivity contribution in [1.29, 1.82) is 0 Å². The number of rotatable bonds is 8. The highest BCUT2D eigenvalue weighted by Gasteiger charge is 2.33. The first-order chi connectivity index (χ1) is 18.5. The van der Waals surface area contributed by atoms with E-state index in [4.69, 9.17) is 33.9 Å². The van der Waals surface area contributed by atoms with Gasteiger partial charge in [0.05, 0.1) is 11.1 Å². The van der Waals surface area contributed by atoms with Crippen LogP contribution in [0.1, 0.15) is 31.8 Å². The molecule has 38 heavy (non-hydrogen) atoms. The second kappa shape index (κ2) is 12.3. The van der Waals surface area contributed by atoms with Crippen molar-refractivity contribution in [3.8, 4) is 11.5 Å². The van der Waals surface area contributed by atoms with Crippen LogP contribution < -0.4 is 9.47 Å². The zero-order valence-corrected chi connectivity index (χ0v) is 23.6. The zero-order valence-electron chi connectivity index (χ0n) is 20.3. The van der Waals surface area contributed by atoms with Gasteiger partial charge in [0.1, 0.15) is 21.9 Å². The van der Waals surface area contributed by atoms with E-state index in [2.05, 4.69) is 0 Å². The summed E-state index contributed by atoms with van der Waals surface area (Å²) < 4.78 is 13.7. The molecule has 0 atom stereocenters. The number of carbonyl (C=O) groups excluding carboxylic acids is 2. The minimum absolute atomic E-state index is 0.192. The second-order valence-electron chi connectivity index (χ2n) is 8.51.